The lowest BCUT2D eigenvalue weighted by atomic mass is 10.2. The van der Waals surface area contributed by atoms with Gasteiger partial charge in [0.25, 0.3) is 11.6 Å². The average Bonchev–Trinajstić information content (AvgIpc) is 2.73. The van der Waals surface area contributed by atoms with Gasteiger partial charge in [-0.05, 0) is 43.7 Å². The summed E-state index contributed by atoms with van der Waals surface area (Å²) in [4.78, 5) is 34.6. The van der Waals surface area contributed by atoms with Crippen molar-refractivity contribution in [2.75, 3.05) is 19.0 Å². The summed E-state index contributed by atoms with van der Waals surface area (Å²) in [7, 11) is 1.37. The number of hydrogen-bond donors (Lipinski definition) is 1. The zero-order valence-electron chi connectivity index (χ0n) is 16.8. The van der Waals surface area contributed by atoms with Crippen LogP contribution in [-0.4, -0.2) is 36.6 Å². The van der Waals surface area contributed by atoms with Crippen LogP contribution in [0.1, 0.15) is 19.4 Å². The second kappa shape index (κ2) is 10.6. The molecule has 2 rings (SSSR count). The monoisotopic (exact) mass is 414 g/mol. The Labute approximate surface area is 173 Å². The smallest absolute Gasteiger partial charge is 0.331 e. The largest absolute Gasteiger partial charge is 0.495 e. The van der Waals surface area contributed by atoms with Gasteiger partial charge in [-0.15, -0.1) is 0 Å². The van der Waals surface area contributed by atoms with Crippen LogP contribution in [0.2, 0.25) is 0 Å². The Morgan fingerprint density at radius 3 is 2.50 bits per heavy atom. The van der Waals surface area contributed by atoms with Crippen molar-refractivity contribution >= 4 is 29.3 Å². The number of nitrogens with one attached hydrogen (secondary N) is 1. The van der Waals surface area contributed by atoms with Gasteiger partial charge in [-0.25, -0.2) is 4.79 Å². The highest BCUT2D eigenvalue weighted by atomic mass is 16.6. The van der Waals surface area contributed by atoms with E-state index in [4.69, 9.17) is 14.2 Å². The maximum Gasteiger partial charge on any atom is 0.331 e. The number of nitro groups is 1. The number of ether oxygens (including phenoxy) is 3. The van der Waals surface area contributed by atoms with Gasteiger partial charge in [-0.2, -0.15) is 0 Å². The molecule has 0 aliphatic heterocycles. The highest BCUT2D eigenvalue weighted by Gasteiger charge is 2.20. The van der Waals surface area contributed by atoms with E-state index in [0.29, 0.717) is 6.61 Å². The number of carbonyl (C=O) groups is 2. The van der Waals surface area contributed by atoms with E-state index in [1.807, 2.05) is 6.92 Å². The van der Waals surface area contributed by atoms with E-state index in [1.54, 1.807) is 30.3 Å². The van der Waals surface area contributed by atoms with Crippen LogP contribution in [0.3, 0.4) is 0 Å². The van der Waals surface area contributed by atoms with Gasteiger partial charge >= 0.3 is 5.97 Å². The zero-order chi connectivity index (χ0) is 22.1. The number of nitro benzene ring substituents is 1. The summed E-state index contributed by atoms with van der Waals surface area (Å²) < 4.78 is 15.5. The zero-order valence-corrected chi connectivity index (χ0v) is 16.8. The Hall–Kier alpha value is -3.88. The molecule has 1 N–H and O–H groups in total. The molecule has 0 aliphatic carbocycles. The molecule has 158 valence electrons. The fraction of sp³-hybridized carbons (Fsp3) is 0.238. The molecule has 0 saturated heterocycles. The molecule has 0 unspecified atom stereocenters. The summed E-state index contributed by atoms with van der Waals surface area (Å²) in [6, 6.07) is 10.9. The number of non-ortho nitro benzene ring substituents is 1. The Morgan fingerprint density at radius 2 is 1.90 bits per heavy atom. The van der Waals surface area contributed by atoms with Crippen molar-refractivity contribution in [2.24, 2.45) is 0 Å². The molecule has 1 amide bonds. The Kier molecular flexibility index (Phi) is 7.92. The molecule has 30 heavy (non-hydrogen) atoms. The number of hydrogen-bond acceptors (Lipinski definition) is 7. The SMILES string of the molecule is CCOc1ccc(/C=C/C(=O)O[C@H](C)C(=O)Nc2cc([N+](=O)[O-])ccc2OC)cc1. The normalized spacial score (nSPS) is 11.6. The molecule has 9 heteroatoms. The summed E-state index contributed by atoms with van der Waals surface area (Å²) in [5.74, 6) is -0.406. The maximum absolute atomic E-state index is 12.3. The first-order valence-corrected chi connectivity index (χ1v) is 9.09. The van der Waals surface area contributed by atoms with Crippen LogP contribution in [0.25, 0.3) is 6.08 Å². The first-order chi connectivity index (χ1) is 14.3. The van der Waals surface area contributed by atoms with Crippen molar-refractivity contribution in [3.05, 3.63) is 64.2 Å². The van der Waals surface area contributed by atoms with E-state index in [9.17, 15) is 19.7 Å². The van der Waals surface area contributed by atoms with Gasteiger partial charge in [0, 0.05) is 18.2 Å². The molecular weight excluding hydrogens is 392 g/mol. The van der Waals surface area contributed by atoms with Gasteiger partial charge in [0.15, 0.2) is 6.10 Å². The lowest BCUT2D eigenvalue weighted by molar-refractivity contribution is -0.384. The third-order valence-corrected chi connectivity index (χ3v) is 3.92. The summed E-state index contributed by atoms with van der Waals surface area (Å²) in [6.45, 7) is 3.84. The van der Waals surface area contributed by atoms with Crippen LogP contribution in [0, 0.1) is 10.1 Å². The molecule has 0 bridgehead atoms. The van der Waals surface area contributed by atoms with Gasteiger partial charge in [-0.1, -0.05) is 12.1 Å². The van der Waals surface area contributed by atoms with E-state index in [-0.39, 0.29) is 17.1 Å². The number of carbonyl (C=O) groups excluding carboxylic acids is 2. The molecule has 2 aromatic carbocycles. The lowest BCUT2D eigenvalue weighted by Crippen LogP contribution is -2.29. The van der Waals surface area contributed by atoms with Crippen LogP contribution in [0.15, 0.2) is 48.5 Å². The van der Waals surface area contributed by atoms with E-state index in [0.717, 1.165) is 17.4 Å². The summed E-state index contributed by atoms with van der Waals surface area (Å²) in [6.07, 6.45) is 1.62. The van der Waals surface area contributed by atoms with Crippen molar-refractivity contribution < 1.29 is 28.7 Å². The van der Waals surface area contributed by atoms with Crippen molar-refractivity contribution in [3.8, 4) is 11.5 Å². The van der Waals surface area contributed by atoms with E-state index in [1.165, 1.54) is 32.2 Å². The Balaban J connectivity index is 1.97. The maximum atomic E-state index is 12.3. The first kappa shape index (κ1) is 22.4. The topological polar surface area (TPSA) is 117 Å². The quantitative estimate of drug-likeness (QED) is 0.288. The minimum Gasteiger partial charge on any atom is -0.495 e. The molecule has 0 radical (unpaired) electrons. The molecule has 0 fully saturated rings. The van der Waals surface area contributed by atoms with Crippen LogP contribution >= 0.6 is 0 Å². The summed E-state index contributed by atoms with van der Waals surface area (Å²) in [5, 5.41) is 13.4. The molecule has 9 nitrogen and oxygen atoms in total. The predicted octanol–water partition coefficient (Wildman–Crippen LogP) is 3.59. The number of nitrogens with zero attached hydrogens (tertiary/aromatic N) is 1. The molecule has 0 heterocycles. The van der Waals surface area contributed by atoms with Gasteiger partial charge < -0.3 is 19.5 Å². The predicted molar refractivity (Wildman–Crippen MR) is 110 cm³/mol. The van der Waals surface area contributed by atoms with Crippen molar-refractivity contribution in [1.82, 2.24) is 0 Å². The summed E-state index contributed by atoms with van der Waals surface area (Å²) in [5.41, 5.74) is 0.646. The number of anilines is 1. The van der Waals surface area contributed by atoms with Gasteiger partial charge in [0.2, 0.25) is 0 Å². The highest BCUT2D eigenvalue weighted by Crippen LogP contribution is 2.29. The van der Waals surface area contributed by atoms with E-state index >= 15 is 0 Å². The molecule has 1 atom stereocenters. The molecule has 2 aromatic rings. The molecular formula is C21H22N2O7. The van der Waals surface area contributed by atoms with Crippen molar-refractivity contribution in [1.29, 1.82) is 0 Å². The van der Waals surface area contributed by atoms with Crippen LogP contribution in [-0.2, 0) is 14.3 Å². The van der Waals surface area contributed by atoms with Crippen LogP contribution < -0.4 is 14.8 Å². The average molecular weight is 414 g/mol. The van der Waals surface area contributed by atoms with Gasteiger partial charge in [-0.3, -0.25) is 14.9 Å². The van der Waals surface area contributed by atoms with Crippen molar-refractivity contribution in [3.63, 3.8) is 0 Å². The third-order valence-electron chi connectivity index (χ3n) is 3.92. The second-order valence-electron chi connectivity index (χ2n) is 6.05. The Morgan fingerprint density at radius 1 is 1.20 bits per heavy atom. The number of esters is 1. The van der Waals surface area contributed by atoms with Crippen LogP contribution in [0.4, 0.5) is 11.4 Å². The number of rotatable bonds is 9. The Bertz CT molecular complexity index is 939. The fourth-order valence-corrected chi connectivity index (χ4v) is 2.41. The summed E-state index contributed by atoms with van der Waals surface area (Å²) >= 11 is 0. The standard InChI is InChI=1S/C21H22N2O7/c1-4-29-17-9-5-15(6-10-17)7-12-20(24)30-14(2)21(25)22-18-13-16(23(26)27)8-11-19(18)28-3/h5-14H,4H2,1-3H3,(H,22,25)/b12-7+/t14-/m1/s1. The minimum atomic E-state index is -1.13. The molecule has 0 spiro atoms. The number of amides is 1. The number of benzene rings is 2. The molecule has 0 aromatic heterocycles. The van der Waals surface area contributed by atoms with E-state index < -0.39 is 22.9 Å². The molecule has 0 aliphatic rings. The van der Waals surface area contributed by atoms with Gasteiger partial charge in [0.1, 0.15) is 11.5 Å². The van der Waals surface area contributed by atoms with E-state index in [2.05, 4.69) is 5.32 Å². The fourth-order valence-electron chi connectivity index (χ4n) is 2.41. The van der Waals surface area contributed by atoms with Crippen LogP contribution in [0.5, 0.6) is 11.5 Å². The van der Waals surface area contributed by atoms with Gasteiger partial charge in [0.05, 0.1) is 24.3 Å². The lowest BCUT2D eigenvalue weighted by Gasteiger charge is -2.14. The third kappa shape index (κ3) is 6.33. The second-order valence-corrected chi connectivity index (χ2v) is 6.05. The minimum absolute atomic E-state index is 0.101. The number of methoxy groups -OCH3 is 1. The molecule has 0 saturated carbocycles. The highest BCUT2D eigenvalue weighted by molar-refractivity contribution is 5.97. The van der Waals surface area contributed by atoms with Crippen molar-refractivity contribution in [2.45, 2.75) is 20.0 Å². The first-order valence-electron chi connectivity index (χ1n) is 9.09.